The molecule has 0 aliphatic heterocycles. The molecule has 0 unspecified atom stereocenters. The van der Waals surface area contributed by atoms with E-state index in [4.69, 9.17) is 15.0 Å². The quantitative estimate of drug-likeness (QED) is 0.178. The van der Waals surface area contributed by atoms with Crippen molar-refractivity contribution in [3.63, 3.8) is 0 Å². The number of rotatable bonds is 4. The standard InChI is InChI=1S/C60H36N4/c1-3-19-38(20-4-1)57-61-58(39-21-5-2-6-22-39)63-59(62-57)64-52-33-16-13-29-48(52)54-46-28-10-9-27-45(46)53-47-35-34-40(42-30-17-23-37-18-7-8-24-41(37)42)36-51(47)60(55(53)56(54)64)49-31-14-11-25-43(49)44-26-12-15-32-50(44)60/h1-36H. The van der Waals surface area contributed by atoms with Crippen LogP contribution in [-0.2, 0) is 5.41 Å². The van der Waals surface area contributed by atoms with Crippen LogP contribution in [0.3, 0.4) is 0 Å². The number of aromatic nitrogens is 4. The van der Waals surface area contributed by atoms with Crippen molar-refractivity contribution >= 4 is 43.4 Å². The maximum Gasteiger partial charge on any atom is 0.238 e. The minimum absolute atomic E-state index is 0.582. The third kappa shape index (κ3) is 4.69. The van der Waals surface area contributed by atoms with Crippen LogP contribution in [0.4, 0.5) is 0 Å². The molecule has 0 radical (unpaired) electrons. The summed E-state index contributed by atoms with van der Waals surface area (Å²) in [7, 11) is 0. The highest BCUT2D eigenvalue weighted by molar-refractivity contribution is 6.27. The van der Waals surface area contributed by atoms with Crippen molar-refractivity contribution < 1.29 is 0 Å². The van der Waals surface area contributed by atoms with Gasteiger partial charge in [-0.15, -0.1) is 0 Å². The molecule has 4 nitrogen and oxygen atoms in total. The maximum absolute atomic E-state index is 5.45. The highest BCUT2D eigenvalue weighted by Gasteiger charge is 2.54. The lowest BCUT2D eigenvalue weighted by molar-refractivity contribution is 0.795. The minimum atomic E-state index is -0.690. The van der Waals surface area contributed by atoms with Gasteiger partial charge in [0.05, 0.1) is 16.4 Å². The molecule has 10 aromatic carbocycles. The van der Waals surface area contributed by atoms with E-state index in [9.17, 15) is 0 Å². The fraction of sp³-hybridized carbons (Fsp3) is 0.0167. The van der Waals surface area contributed by atoms with Crippen molar-refractivity contribution in [2.24, 2.45) is 0 Å². The van der Waals surface area contributed by atoms with Gasteiger partial charge in [-0.2, -0.15) is 9.97 Å². The van der Waals surface area contributed by atoms with Crippen LogP contribution in [0.15, 0.2) is 218 Å². The molecule has 2 aliphatic rings. The molecule has 2 aromatic heterocycles. The molecule has 0 saturated heterocycles. The highest BCUT2D eigenvalue weighted by atomic mass is 15.2. The molecule has 14 rings (SSSR count). The van der Waals surface area contributed by atoms with E-state index in [0.29, 0.717) is 17.6 Å². The predicted molar refractivity (Wildman–Crippen MR) is 262 cm³/mol. The molecule has 64 heavy (non-hydrogen) atoms. The SMILES string of the molecule is c1ccc(-c2nc(-c3ccccc3)nc(-n3c4ccccc4c4c5ccccc5c5c(c43)C3(c4ccccc4-c4ccccc43)c3cc(-c4cccc6ccccc46)ccc3-5)n2)cc1. The van der Waals surface area contributed by atoms with E-state index in [1.165, 1.54) is 82.6 Å². The van der Waals surface area contributed by atoms with Gasteiger partial charge in [0.1, 0.15) is 0 Å². The van der Waals surface area contributed by atoms with Crippen molar-refractivity contribution in [2.75, 3.05) is 0 Å². The van der Waals surface area contributed by atoms with E-state index in [0.717, 1.165) is 27.5 Å². The topological polar surface area (TPSA) is 43.6 Å². The molecule has 1 spiro atoms. The second-order valence-electron chi connectivity index (χ2n) is 17.0. The lowest BCUT2D eigenvalue weighted by Gasteiger charge is -2.32. The second kappa shape index (κ2) is 13.3. The molecule has 0 saturated carbocycles. The van der Waals surface area contributed by atoms with E-state index in [-0.39, 0.29) is 0 Å². The van der Waals surface area contributed by atoms with Crippen LogP contribution in [0.25, 0.3) is 105 Å². The highest BCUT2D eigenvalue weighted by Crippen LogP contribution is 2.66. The molecule has 0 fully saturated rings. The lowest BCUT2D eigenvalue weighted by Crippen LogP contribution is -2.27. The zero-order chi connectivity index (χ0) is 41.9. The molecular weight excluding hydrogens is 777 g/mol. The van der Waals surface area contributed by atoms with Gasteiger partial charge in [0.2, 0.25) is 5.95 Å². The molecule has 0 atom stereocenters. The average molecular weight is 813 g/mol. The van der Waals surface area contributed by atoms with Crippen molar-refractivity contribution in [3.05, 3.63) is 241 Å². The van der Waals surface area contributed by atoms with Gasteiger partial charge in [-0.3, -0.25) is 4.57 Å². The Balaban J connectivity index is 1.20. The van der Waals surface area contributed by atoms with Gasteiger partial charge in [0, 0.05) is 27.5 Å². The van der Waals surface area contributed by atoms with Crippen molar-refractivity contribution in [1.29, 1.82) is 0 Å². The minimum Gasteiger partial charge on any atom is -0.277 e. The van der Waals surface area contributed by atoms with Gasteiger partial charge < -0.3 is 0 Å². The van der Waals surface area contributed by atoms with E-state index in [1.54, 1.807) is 0 Å². The first-order valence-electron chi connectivity index (χ1n) is 22.0. The molecule has 0 bridgehead atoms. The Morgan fingerprint density at radius 1 is 0.359 bits per heavy atom. The Hall–Kier alpha value is -8.47. The Morgan fingerprint density at radius 2 is 0.906 bits per heavy atom. The molecule has 2 aliphatic carbocycles. The maximum atomic E-state index is 5.45. The first-order chi connectivity index (χ1) is 31.8. The summed E-state index contributed by atoms with van der Waals surface area (Å²) >= 11 is 0. The lowest BCUT2D eigenvalue weighted by atomic mass is 9.69. The fourth-order valence-electron chi connectivity index (χ4n) is 11.3. The summed E-state index contributed by atoms with van der Waals surface area (Å²) in [6.45, 7) is 0. The van der Waals surface area contributed by atoms with Crippen LogP contribution in [-0.4, -0.2) is 19.5 Å². The van der Waals surface area contributed by atoms with Crippen LogP contribution in [0.2, 0.25) is 0 Å². The average Bonchev–Trinajstić information content (AvgIpc) is 3.99. The normalized spacial score (nSPS) is 13.1. The number of para-hydroxylation sites is 1. The van der Waals surface area contributed by atoms with E-state index >= 15 is 0 Å². The van der Waals surface area contributed by atoms with Crippen LogP contribution < -0.4 is 0 Å². The number of nitrogens with zero attached hydrogens (tertiary/aromatic N) is 4. The van der Waals surface area contributed by atoms with Crippen LogP contribution in [0, 0.1) is 0 Å². The molecule has 296 valence electrons. The van der Waals surface area contributed by atoms with Crippen LogP contribution >= 0.6 is 0 Å². The predicted octanol–water partition coefficient (Wildman–Crippen LogP) is 14.6. The third-order valence-electron chi connectivity index (χ3n) is 13.8. The fourth-order valence-corrected chi connectivity index (χ4v) is 11.3. The van der Waals surface area contributed by atoms with Crippen LogP contribution in [0.1, 0.15) is 22.3 Å². The molecule has 0 amide bonds. The van der Waals surface area contributed by atoms with Crippen molar-refractivity contribution in [1.82, 2.24) is 19.5 Å². The largest absolute Gasteiger partial charge is 0.277 e. The summed E-state index contributed by atoms with van der Waals surface area (Å²) in [5.74, 6) is 1.84. The summed E-state index contributed by atoms with van der Waals surface area (Å²) < 4.78 is 2.36. The van der Waals surface area contributed by atoms with Gasteiger partial charge >= 0.3 is 0 Å². The molecule has 2 heterocycles. The number of hydrogen-bond acceptors (Lipinski definition) is 3. The molecule has 0 N–H and O–H groups in total. The Morgan fingerprint density at radius 3 is 1.61 bits per heavy atom. The zero-order valence-corrected chi connectivity index (χ0v) is 34.6. The van der Waals surface area contributed by atoms with E-state index in [2.05, 4.69) is 187 Å². The summed E-state index contributed by atoms with van der Waals surface area (Å²) in [6, 6.07) is 79.2. The van der Waals surface area contributed by atoms with Gasteiger partial charge in [-0.1, -0.05) is 206 Å². The number of fused-ring (bicyclic) bond motifs is 18. The molecule has 12 aromatic rings. The monoisotopic (exact) mass is 812 g/mol. The van der Waals surface area contributed by atoms with E-state index in [1.807, 2.05) is 36.4 Å². The summed E-state index contributed by atoms with van der Waals surface area (Å²) in [5.41, 5.74) is 15.9. The van der Waals surface area contributed by atoms with Gasteiger partial charge in [-0.05, 0) is 83.7 Å². The number of hydrogen-bond donors (Lipinski definition) is 0. The third-order valence-corrected chi connectivity index (χ3v) is 13.8. The Labute approximate surface area is 369 Å². The summed E-state index contributed by atoms with van der Waals surface area (Å²) in [5, 5.41) is 7.25. The Bertz CT molecular complexity index is 3790. The first-order valence-corrected chi connectivity index (χ1v) is 22.0. The summed E-state index contributed by atoms with van der Waals surface area (Å²) in [4.78, 5) is 16.1. The zero-order valence-electron chi connectivity index (χ0n) is 34.6. The van der Waals surface area contributed by atoms with Gasteiger partial charge in [0.15, 0.2) is 11.6 Å². The van der Waals surface area contributed by atoms with Gasteiger partial charge in [0.25, 0.3) is 0 Å². The van der Waals surface area contributed by atoms with Crippen LogP contribution in [0.5, 0.6) is 0 Å². The summed E-state index contributed by atoms with van der Waals surface area (Å²) in [6.07, 6.45) is 0. The molecular formula is C60H36N4. The van der Waals surface area contributed by atoms with E-state index < -0.39 is 5.41 Å². The number of benzene rings is 10. The first kappa shape index (κ1) is 35.2. The van der Waals surface area contributed by atoms with Crippen molar-refractivity contribution in [3.8, 4) is 62.1 Å². The Kier molecular flexibility index (Phi) is 7.29. The second-order valence-corrected chi connectivity index (χ2v) is 17.0. The molecule has 4 heteroatoms. The van der Waals surface area contributed by atoms with Gasteiger partial charge in [-0.25, -0.2) is 4.98 Å². The van der Waals surface area contributed by atoms with Crippen molar-refractivity contribution in [2.45, 2.75) is 5.41 Å². The smallest absolute Gasteiger partial charge is 0.238 e.